The summed E-state index contributed by atoms with van der Waals surface area (Å²) in [5.41, 5.74) is 3.81. The van der Waals surface area contributed by atoms with E-state index >= 15 is 0 Å². The van der Waals surface area contributed by atoms with Crippen LogP contribution in [0.1, 0.15) is 30.0 Å². The molecule has 0 bridgehead atoms. The van der Waals surface area contributed by atoms with Crippen LogP contribution in [0.5, 0.6) is 0 Å². The summed E-state index contributed by atoms with van der Waals surface area (Å²) < 4.78 is 26.3. The number of hydrogen-bond donors (Lipinski definition) is 1. The molecule has 0 saturated heterocycles. The zero-order chi connectivity index (χ0) is 20.4. The van der Waals surface area contributed by atoms with E-state index in [4.69, 9.17) is 11.6 Å². The Bertz CT molecular complexity index is 958. The fourth-order valence-corrected chi connectivity index (χ4v) is 4.45. The van der Waals surface area contributed by atoms with Crippen molar-refractivity contribution in [2.75, 3.05) is 15.9 Å². The zero-order valence-electron chi connectivity index (χ0n) is 16.2. The van der Waals surface area contributed by atoms with Gasteiger partial charge in [0, 0.05) is 10.7 Å². The molecule has 5 nitrogen and oxygen atoms in total. The molecular formula is C20H25ClN2O3S. The Balaban J connectivity index is 2.46. The molecule has 146 valence electrons. The third-order valence-electron chi connectivity index (χ3n) is 4.38. The van der Waals surface area contributed by atoms with Crippen molar-refractivity contribution in [1.82, 2.24) is 0 Å². The number of halogens is 1. The van der Waals surface area contributed by atoms with E-state index in [0.717, 1.165) is 27.3 Å². The van der Waals surface area contributed by atoms with Gasteiger partial charge in [-0.25, -0.2) is 8.42 Å². The van der Waals surface area contributed by atoms with Crippen molar-refractivity contribution >= 4 is 38.9 Å². The van der Waals surface area contributed by atoms with E-state index in [1.807, 2.05) is 32.0 Å². The van der Waals surface area contributed by atoms with Crippen LogP contribution >= 0.6 is 11.6 Å². The highest BCUT2D eigenvalue weighted by Gasteiger charge is 2.32. The number of hydrogen-bond acceptors (Lipinski definition) is 3. The number of aryl methyl sites for hydroxylation is 3. The molecule has 7 heteroatoms. The van der Waals surface area contributed by atoms with Gasteiger partial charge in [0.15, 0.2) is 0 Å². The van der Waals surface area contributed by atoms with Gasteiger partial charge < -0.3 is 5.32 Å². The first kappa shape index (κ1) is 21.3. The van der Waals surface area contributed by atoms with Gasteiger partial charge in [-0.05, 0) is 56.5 Å². The number of anilines is 2. The van der Waals surface area contributed by atoms with Crippen molar-refractivity contribution in [3.05, 3.63) is 58.1 Å². The number of carbonyl (C=O) groups is 1. The first-order chi connectivity index (χ1) is 12.5. The third-order valence-corrected chi connectivity index (χ3v) is 5.78. The van der Waals surface area contributed by atoms with Gasteiger partial charge in [0.25, 0.3) is 0 Å². The largest absolute Gasteiger partial charge is 0.324 e. The van der Waals surface area contributed by atoms with Gasteiger partial charge in [0.05, 0.1) is 11.9 Å². The molecule has 0 aliphatic rings. The molecule has 2 aromatic rings. The molecular weight excluding hydrogens is 384 g/mol. The number of carbonyl (C=O) groups excluding carboxylic acids is 1. The van der Waals surface area contributed by atoms with E-state index in [1.165, 1.54) is 0 Å². The van der Waals surface area contributed by atoms with Gasteiger partial charge in [-0.2, -0.15) is 0 Å². The van der Waals surface area contributed by atoms with Crippen LogP contribution < -0.4 is 9.62 Å². The predicted octanol–water partition coefficient (Wildman–Crippen LogP) is 4.45. The quantitative estimate of drug-likeness (QED) is 0.767. The Kier molecular flexibility index (Phi) is 6.54. The summed E-state index contributed by atoms with van der Waals surface area (Å²) >= 11 is 6.08. The van der Waals surface area contributed by atoms with Gasteiger partial charge >= 0.3 is 0 Å². The molecule has 0 aromatic heterocycles. The lowest BCUT2D eigenvalue weighted by Crippen LogP contribution is -2.47. The normalized spacial score (nSPS) is 12.5. The summed E-state index contributed by atoms with van der Waals surface area (Å²) in [6.07, 6.45) is 1.41. The lowest BCUT2D eigenvalue weighted by atomic mass is 10.1. The summed E-state index contributed by atoms with van der Waals surface area (Å²) in [6, 6.07) is 9.81. The molecule has 0 heterocycles. The maximum Gasteiger partial charge on any atom is 0.248 e. The van der Waals surface area contributed by atoms with Crippen LogP contribution in [0.2, 0.25) is 5.02 Å². The molecule has 2 rings (SSSR count). The number of nitrogens with one attached hydrogen (secondary N) is 1. The Morgan fingerprint density at radius 3 is 2.33 bits per heavy atom. The Hall–Kier alpha value is -2.05. The number of benzene rings is 2. The van der Waals surface area contributed by atoms with Crippen LogP contribution in [0.25, 0.3) is 0 Å². The fraction of sp³-hybridized carbons (Fsp3) is 0.350. The van der Waals surface area contributed by atoms with Gasteiger partial charge in [-0.3, -0.25) is 9.10 Å². The molecule has 1 atom stereocenters. The van der Waals surface area contributed by atoms with Crippen LogP contribution in [0.4, 0.5) is 11.4 Å². The summed E-state index contributed by atoms with van der Waals surface area (Å²) in [6.45, 7) is 7.45. The number of nitrogens with zero attached hydrogens (tertiary/aromatic N) is 1. The van der Waals surface area contributed by atoms with Gasteiger partial charge in [0.1, 0.15) is 6.04 Å². The lowest BCUT2D eigenvalue weighted by molar-refractivity contribution is -0.117. The van der Waals surface area contributed by atoms with E-state index in [2.05, 4.69) is 5.32 Å². The standard InChI is InChI=1S/C20H25ClN2O3S/c1-6-18(20(24)22-17-10-7-13(2)11-15(17)4)23(27(5,25)26)19-12-16(21)9-8-14(19)3/h7-12,18H,6H2,1-5H3,(H,22,24)/t18-/m0/s1. The Labute approximate surface area is 166 Å². The SMILES string of the molecule is CC[C@@H](C(=O)Nc1ccc(C)cc1C)N(c1cc(Cl)ccc1C)S(C)(=O)=O. The highest BCUT2D eigenvalue weighted by atomic mass is 35.5. The van der Waals surface area contributed by atoms with Crippen LogP contribution in [0, 0.1) is 20.8 Å². The minimum atomic E-state index is -3.71. The molecule has 0 radical (unpaired) electrons. The van der Waals surface area contributed by atoms with E-state index < -0.39 is 16.1 Å². The smallest absolute Gasteiger partial charge is 0.248 e. The molecule has 0 fully saturated rings. The first-order valence-corrected chi connectivity index (χ1v) is 10.9. The monoisotopic (exact) mass is 408 g/mol. The summed E-state index contributed by atoms with van der Waals surface area (Å²) in [5.74, 6) is -0.380. The maximum atomic E-state index is 13.0. The second-order valence-electron chi connectivity index (χ2n) is 6.72. The molecule has 2 aromatic carbocycles. The minimum Gasteiger partial charge on any atom is -0.324 e. The van der Waals surface area contributed by atoms with Crippen LogP contribution in [-0.4, -0.2) is 26.6 Å². The average Bonchev–Trinajstić information content (AvgIpc) is 2.56. The second-order valence-corrected chi connectivity index (χ2v) is 9.02. The third kappa shape index (κ3) is 5.02. The van der Waals surface area contributed by atoms with Crippen molar-refractivity contribution in [3.8, 4) is 0 Å². The fourth-order valence-electron chi connectivity index (χ4n) is 3.03. The Morgan fingerprint density at radius 1 is 1.11 bits per heavy atom. The lowest BCUT2D eigenvalue weighted by Gasteiger charge is -2.31. The van der Waals surface area contributed by atoms with E-state index in [9.17, 15) is 13.2 Å². The van der Waals surface area contributed by atoms with Gasteiger partial charge in [-0.1, -0.05) is 42.3 Å². The topological polar surface area (TPSA) is 66.5 Å². The molecule has 1 N–H and O–H groups in total. The maximum absolute atomic E-state index is 13.0. The highest BCUT2D eigenvalue weighted by molar-refractivity contribution is 7.92. The van der Waals surface area contributed by atoms with Crippen LogP contribution in [0.3, 0.4) is 0 Å². The number of amides is 1. The van der Waals surface area contributed by atoms with Gasteiger partial charge in [0.2, 0.25) is 15.9 Å². The zero-order valence-corrected chi connectivity index (χ0v) is 17.8. The van der Waals surface area contributed by atoms with Gasteiger partial charge in [-0.15, -0.1) is 0 Å². The first-order valence-electron chi connectivity index (χ1n) is 8.68. The van der Waals surface area contributed by atoms with Crippen molar-refractivity contribution in [2.24, 2.45) is 0 Å². The summed E-state index contributed by atoms with van der Waals surface area (Å²) in [7, 11) is -3.71. The van der Waals surface area contributed by atoms with Crippen molar-refractivity contribution in [3.63, 3.8) is 0 Å². The van der Waals surface area contributed by atoms with Crippen LogP contribution in [-0.2, 0) is 14.8 Å². The molecule has 27 heavy (non-hydrogen) atoms. The van der Waals surface area contributed by atoms with Crippen molar-refractivity contribution < 1.29 is 13.2 Å². The molecule has 0 aliphatic heterocycles. The minimum absolute atomic E-state index is 0.315. The van der Waals surface area contributed by atoms with E-state index in [0.29, 0.717) is 22.8 Å². The predicted molar refractivity (Wildman–Crippen MR) is 112 cm³/mol. The highest BCUT2D eigenvalue weighted by Crippen LogP contribution is 2.29. The van der Waals surface area contributed by atoms with Crippen molar-refractivity contribution in [2.45, 2.75) is 40.2 Å². The second kappa shape index (κ2) is 8.31. The summed E-state index contributed by atoms with van der Waals surface area (Å²) in [4.78, 5) is 13.0. The number of rotatable bonds is 6. The van der Waals surface area contributed by atoms with Crippen LogP contribution in [0.15, 0.2) is 36.4 Å². The molecule has 0 spiro atoms. The molecule has 0 aliphatic carbocycles. The summed E-state index contributed by atoms with van der Waals surface area (Å²) in [5, 5.41) is 3.28. The Morgan fingerprint density at radius 2 is 1.78 bits per heavy atom. The molecule has 0 unspecified atom stereocenters. The van der Waals surface area contributed by atoms with E-state index in [1.54, 1.807) is 32.0 Å². The molecule has 0 saturated carbocycles. The molecule has 1 amide bonds. The number of sulfonamides is 1. The average molecular weight is 409 g/mol. The van der Waals surface area contributed by atoms with Crippen molar-refractivity contribution in [1.29, 1.82) is 0 Å². The van der Waals surface area contributed by atoms with E-state index in [-0.39, 0.29) is 5.91 Å².